The molecular formula is C15H22ClN3. The number of imidazole rings is 1. The lowest BCUT2D eigenvalue weighted by atomic mass is 10.0. The van der Waals surface area contributed by atoms with Gasteiger partial charge >= 0.3 is 0 Å². The third-order valence-electron chi connectivity index (χ3n) is 3.49. The van der Waals surface area contributed by atoms with Crippen LogP contribution in [0, 0.1) is 5.92 Å². The Labute approximate surface area is 120 Å². The predicted octanol–water partition coefficient (Wildman–Crippen LogP) is 4.56. The molecule has 0 N–H and O–H groups in total. The van der Waals surface area contributed by atoms with E-state index in [-0.39, 0.29) is 0 Å². The molecule has 4 heteroatoms. The standard InChI is InChI=1S/C15H22ClN3/c1-11(2)6-4-7-12(3)19-14(10-16)18-13-8-5-9-17-15(13)19/h5,8-9,11-12H,4,6-7,10H2,1-3H3. The summed E-state index contributed by atoms with van der Waals surface area (Å²) in [4.78, 5) is 9.02. The van der Waals surface area contributed by atoms with Crippen molar-refractivity contribution in [2.24, 2.45) is 5.92 Å². The molecule has 3 nitrogen and oxygen atoms in total. The van der Waals surface area contributed by atoms with E-state index in [1.54, 1.807) is 0 Å². The number of rotatable bonds is 6. The normalized spacial score (nSPS) is 13.3. The summed E-state index contributed by atoms with van der Waals surface area (Å²) < 4.78 is 2.20. The Hall–Kier alpha value is -1.09. The summed E-state index contributed by atoms with van der Waals surface area (Å²) in [5, 5.41) is 0. The molecule has 1 atom stereocenters. The van der Waals surface area contributed by atoms with Gasteiger partial charge in [-0.1, -0.05) is 26.7 Å². The van der Waals surface area contributed by atoms with Crippen LogP contribution in [0.2, 0.25) is 0 Å². The van der Waals surface area contributed by atoms with Gasteiger partial charge in [0.25, 0.3) is 0 Å². The quantitative estimate of drug-likeness (QED) is 0.726. The maximum atomic E-state index is 6.02. The molecule has 0 spiro atoms. The molecule has 0 fully saturated rings. The van der Waals surface area contributed by atoms with Gasteiger partial charge in [-0.15, -0.1) is 11.6 Å². The van der Waals surface area contributed by atoms with Crippen LogP contribution in [-0.4, -0.2) is 14.5 Å². The molecular weight excluding hydrogens is 258 g/mol. The van der Waals surface area contributed by atoms with Crippen LogP contribution in [0.1, 0.15) is 51.9 Å². The third-order valence-corrected chi connectivity index (χ3v) is 3.72. The monoisotopic (exact) mass is 279 g/mol. The highest BCUT2D eigenvalue weighted by Gasteiger charge is 2.15. The molecule has 0 amide bonds. The van der Waals surface area contributed by atoms with Crippen molar-refractivity contribution >= 4 is 22.8 Å². The molecule has 104 valence electrons. The Morgan fingerprint density at radius 2 is 2.05 bits per heavy atom. The Morgan fingerprint density at radius 3 is 2.74 bits per heavy atom. The van der Waals surface area contributed by atoms with Gasteiger partial charge in [0.2, 0.25) is 0 Å². The fourth-order valence-electron chi connectivity index (χ4n) is 2.48. The van der Waals surface area contributed by atoms with Gasteiger partial charge in [-0.05, 0) is 31.4 Å². The van der Waals surface area contributed by atoms with E-state index in [4.69, 9.17) is 11.6 Å². The minimum absolute atomic E-state index is 0.396. The zero-order valence-electron chi connectivity index (χ0n) is 11.9. The van der Waals surface area contributed by atoms with E-state index in [9.17, 15) is 0 Å². The molecule has 0 saturated heterocycles. The smallest absolute Gasteiger partial charge is 0.160 e. The zero-order valence-corrected chi connectivity index (χ0v) is 12.7. The summed E-state index contributed by atoms with van der Waals surface area (Å²) in [6.07, 6.45) is 5.46. The number of hydrogen-bond acceptors (Lipinski definition) is 2. The van der Waals surface area contributed by atoms with Gasteiger partial charge in [0.1, 0.15) is 11.3 Å². The Bertz CT molecular complexity index is 533. The van der Waals surface area contributed by atoms with E-state index in [1.165, 1.54) is 12.8 Å². The molecule has 0 aliphatic carbocycles. The number of alkyl halides is 1. The summed E-state index contributed by atoms with van der Waals surface area (Å²) in [6.45, 7) is 6.76. The van der Waals surface area contributed by atoms with Gasteiger partial charge < -0.3 is 4.57 Å². The second kappa shape index (κ2) is 6.38. The number of halogens is 1. The SMILES string of the molecule is CC(C)CCCC(C)n1c(CCl)nc2cccnc21. The van der Waals surface area contributed by atoms with Crippen molar-refractivity contribution < 1.29 is 0 Å². The first-order chi connectivity index (χ1) is 9.13. The Balaban J connectivity index is 2.22. The molecule has 2 rings (SSSR count). The number of aromatic nitrogens is 3. The number of nitrogens with zero attached hydrogens (tertiary/aromatic N) is 3. The van der Waals surface area contributed by atoms with Gasteiger partial charge in [0.15, 0.2) is 5.65 Å². The third kappa shape index (κ3) is 3.27. The maximum Gasteiger partial charge on any atom is 0.160 e. The van der Waals surface area contributed by atoms with Crippen molar-refractivity contribution in [3.8, 4) is 0 Å². The van der Waals surface area contributed by atoms with Crippen LogP contribution in [-0.2, 0) is 5.88 Å². The van der Waals surface area contributed by atoms with Crippen LogP contribution in [0.25, 0.3) is 11.2 Å². The highest BCUT2D eigenvalue weighted by atomic mass is 35.5. The van der Waals surface area contributed by atoms with Crippen molar-refractivity contribution in [1.29, 1.82) is 0 Å². The van der Waals surface area contributed by atoms with Crippen molar-refractivity contribution in [3.05, 3.63) is 24.2 Å². The van der Waals surface area contributed by atoms with Gasteiger partial charge in [-0.3, -0.25) is 0 Å². The molecule has 0 saturated carbocycles. The van der Waals surface area contributed by atoms with E-state index in [2.05, 4.69) is 35.3 Å². The largest absolute Gasteiger partial charge is 0.309 e. The van der Waals surface area contributed by atoms with Crippen molar-refractivity contribution in [3.63, 3.8) is 0 Å². The Morgan fingerprint density at radius 1 is 1.26 bits per heavy atom. The highest BCUT2D eigenvalue weighted by Crippen LogP contribution is 2.24. The number of pyridine rings is 1. The van der Waals surface area contributed by atoms with Crippen LogP contribution in [0.15, 0.2) is 18.3 Å². The number of fused-ring (bicyclic) bond motifs is 1. The first kappa shape index (κ1) is 14.3. The van der Waals surface area contributed by atoms with Crippen LogP contribution in [0.3, 0.4) is 0 Å². The van der Waals surface area contributed by atoms with Crippen molar-refractivity contribution in [2.75, 3.05) is 0 Å². The summed E-state index contributed by atoms with van der Waals surface area (Å²) in [5.74, 6) is 2.12. The van der Waals surface area contributed by atoms with E-state index < -0.39 is 0 Å². The molecule has 2 aromatic rings. The molecule has 1 unspecified atom stereocenters. The molecule has 0 radical (unpaired) electrons. The molecule has 19 heavy (non-hydrogen) atoms. The van der Waals surface area contributed by atoms with Gasteiger partial charge in [-0.25, -0.2) is 9.97 Å². The fourth-order valence-corrected chi connectivity index (χ4v) is 2.67. The number of hydrogen-bond donors (Lipinski definition) is 0. The van der Waals surface area contributed by atoms with E-state index in [1.807, 2.05) is 18.3 Å². The highest BCUT2D eigenvalue weighted by molar-refractivity contribution is 6.16. The molecule has 0 aliphatic rings. The first-order valence-electron chi connectivity index (χ1n) is 7.01. The summed E-state index contributed by atoms with van der Waals surface area (Å²) >= 11 is 6.02. The molecule has 0 bridgehead atoms. The van der Waals surface area contributed by atoms with Gasteiger partial charge in [0.05, 0.1) is 5.88 Å². The van der Waals surface area contributed by atoms with E-state index in [0.717, 1.165) is 29.3 Å². The van der Waals surface area contributed by atoms with Crippen LogP contribution in [0.4, 0.5) is 0 Å². The zero-order chi connectivity index (χ0) is 13.8. The maximum absolute atomic E-state index is 6.02. The topological polar surface area (TPSA) is 30.7 Å². The summed E-state index contributed by atoms with van der Waals surface area (Å²) in [5.41, 5.74) is 1.89. The average Bonchev–Trinajstić information content (AvgIpc) is 2.76. The molecule has 0 aromatic carbocycles. The lowest BCUT2D eigenvalue weighted by Gasteiger charge is -2.16. The lowest BCUT2D eigenvalue weighted by Crippen LogP contribution is -2.09. The second-order valence-corrected chi connectivity index (χ2v) is 5.82. The lowest BCUT2D eigenvalue weighted by molar-refractivity contribution is 0.446. The summed E-state index contributed by atoms with van der Waals surface area (Å²) in [7, 11) is 0. The fraction of sp³-hybridized carbons (Fsp3) is 0.600. The van der Waals surface area contributed by atoms with Crippen LogP contribution < -0.4 is 0 Å². The van der Waals surface area contributed by atoms with E-state index in [0.29, 0.717) is 11.9 Å². The van der Waals surface area contributed by atoms with Crippen molar-refractivity contribution in [2.45, 2.75) is 52.0 Å². The van der Waals surface area contributed by atoms with Crippen molar-refractivity contribution in [1.82, 2.24) is 14.5 Å². The minimum atomic E-state index is 0.396. The second-order valence-electron chi connectivity index (χ2n) is 5.55. The predicted molar refractivity (Wildman–Crippen MR) is 80.5 cm³/mol. The van der Waals surface area contributed by atoms with E-state index >= 15 is 0 Å². The van der Waals surface area contributed by atoms with Crippen LogP contribution >= 0.6 is 11.6 Å². The van der Waals surface area contributed by atoms with Gasteiger partial charge in [0, 0.05) is 12.2 Å². The molecule has 2 heterocycles. The average molecular weight is 280 g/mol. The van der Waals surface area contributed by atoms with Crippen LogP contribution in [0.5, 0.6) is 0 Å². The van der Waals surface area contributed by atoms with Gasteiger partial charge in [-0.2, -0.15) is 0 Å². The first-order valence-corrected chi connectivity index (χ1v) is 7.54. The molecule has 0 aliphatic heterocycles. The minimum Gasteiger partial charge on any atom is -0.309 e. The Kier molecular flexibility index (Phi) is 4.81. The molecule has 2 aromatic heterocycles. The summed E-state index contributed by atoms with van der Waals surface area (Å²) in [6, 6.07) is 4.31.